The first kappa shape index (κ1) is 21.5. The predicted molar refractivity (Wildman–Crippen MR) is 128 cm³/mol. The van der Waals surface area contributed by atoms with Crippen LogP contribution in [-0.2, 0) is 0 Å². The molecule has 0 radical (unpaired) electrons. The van der Waals surface area contributed by atoms with E-state index < -0.39 is 0 Å². The Kier molecular flexibility index (Phi) is 5.95. The lowest BCUT2D eigenvalue weighted by atomic mass is 9.96. The summed E-state index contributed by atoms with van der Waals surface area (Å²) in [6, 6.07) is 14.0. The second kappa shape index (κ2) is 8.87. The standard InChI is InChI=1S/C25H31N3O3S/c1-4-27(5-2)25(29)31-19-11-12-20-23(15-19)32-24-21(7-6-8-22(24)30-3)28(20)18-13-16-9-10-17(14-18)26-16/h6-8,11-12,15-18,26H,4-5,9-10,13-14H2,1-3H3. The Hall–Kier alpha value is -2.38. The number of nitrogens with one attached hydrogen (secondary N) is 1. The molecule has 0 saturated carbocycles. The SMILES string of the molecule is CCN(CC)C(=O)Oc1ccc2c(c1)Sc1c(OC)cccc1N2C1CC2CCC(C1)N2. The molecule has 2 saturated heterocycles. The van der Waals surface area contributed by atoms with Crippen LogP contribution in [0, 0.1) is 0 Å². The number of rotatable bonds is 5. The van der Waals surface area contributed by atoms with Crippen LogP contribution in [0.15, 0.2) is 46.2 Å². The molecule has 1 amide bonds. The molecule has 2 aromatic carbocycles. The van der Waals surface area contributed by atoms with Crippen molar-refractivity contribution >= 4 is 29.2 Å². The van der Waals surface area contributed by atoms with Crippen molar-refractivity contribution in [1.82, 2.24) is 10.2 Å². The third kappa shape index (κ3) is 3.82. The van der Waals surface area contributed by atoms with Gasteiger partial charge in [-0.25, -0.2) is 4.79 Å². The summed E-state index contributed by atoms with van der Waals surface area (Å²) in [5.41, 5.74) is 2.39. The number of carbonyl (C=O) groups excluding carboxylic acids is 1. The molecule has 2 atom stereocenters. The molecule has 3 aliphatic rings. The van der Waals surface area contributed by atoms with Gasteiger partial charge in [-0.3, -0.25) is 0 Å². The van der Waals surface area contributed by atoms with Crippen molar-refractivity contribution in [2.75, 3.05) is 25.1 Å². The molecule has 2 unspecified atom stereocenters. The monoisotopic (exact) mass is 453 g/mol. The lowest BCUT2D eigenvalue weighted by Crippen LogP contribution is -2.47. The molecule has 2 bridgehead atoms. The van der Waals surface area contributed by atoms with Crippen molar-refractivity contribution in [2.24, 2.45) is 0 Å². The Morgan fingerprint density at radius 2 is 1.88 bits per heavy atom. The van der Waals surface area contributed by atoms with Crippen LogP contribution in [0.4, 0.5) is 16.2 Å². The number of amides is 1. The lowest BCUT2D eigenvalue weighted by Gasteiger charge is -2.42. The molecular formula is C25H31N3O3S. The van der Waals surface area contributed by atoms with Gasteiger partial charge in [0.1, 0.15) is 11.5 Å². The number of hydrogen-bond acceptors (Lipinski definition) is 6. The van der Waals surface area contributed by atoms with Crippen LogP contribution in [0.5, 0.6) is 11.5 Å². The average molecular weight is 454 g/mol. The molecule has 3 aliphatic heterocycles. The van der Waals surface area contributed by atoms with Crippen LogP contribution in [0.25, 0.3) is 0 Å². The molecule has 3 heterocycles. The molecule has 5 rings (SSSR count). The van der Waals surface area contributed by atoms with E-state index in [0.717, 1.165) is 28.4 Å². The summed E-state index contributed by atoms with van der Waals surface area (Å²) in [6.07, 6.45) is 4.50. The molecule has 0 spiro atoms. The summed E-state index contributed by atoms with van der Waals surface area (Å²) in [5.74, 6) is 1.46. The maximum absolute atomic E-state index is 12.5. The third-order valence-electron chi connectivity index (χ3n) is 6.88. The van der Waals surface area contributed by atoms with E-state index in [1.807, 2.05) is 32.0 Å². The lowest BCUT2D eigenvalue weighted by molar-refractivity contribution is 0.157. The second-order valence-corrected chi connectivity index (χ2v) is 9.77. The smallest absolute Gasteiger partial charge is 0.415 e. The van der Waals surface area contributed by atoms with E-state index in [0.29, 0.717) is 37.0 Å². The van der Waals surface area contributed by atoms with E-state index in [9.17, 15) is 4.79 Å². The van der Waals surface area contributed by atoms with E-state index in [4.69, 9.17) is 9.47 Å². The molecule has 170 valence electrons. The van der Waals surface area contributed by atoms with Crippen LogP contribution in [0.2, 0.25) is 0 Å². The molecule has 0 aliphatic carbocycles. The van der Waals surface area contributed by atoms with Crippen LogP contribution < -0.4 is 19.7 Å². The summed E-state index contributed by atoms with van der Waals surface area (Å²) in [6.45, 7) is 5.18. The molecule has 6 nitrogen and oxygen atoms in total. The molecular weight excluding hydrogens is 422 g/mol. The minimum absolute atomic E-state index is 0.305. The Bertz CT molecular complexity index is 998. The fourth-order valence-electron chi connectivity index (χ4n) is 5.31. The first-order valence-electron chi connectivity index (χ1n) is 11.6. The number of nitrogens with zero attached hydrogens (tertiary/aromatic N) is 2. The number of piperidine rings is 1. The average Bonchev–Trinajstić information content (AvgIpc) is 3.15. The van der Waals surface area contributed by atoms with Crippen molar-refractivity contribution in [1.29, 1.82) is 0 Å². The highest BCUT2D eigenvalue weighted by atomic mass is 32.2. The van der Waals surface area contributed by atoms with Gasteiger partial charge in [0.25, 0.3) is 0 Å². The fourth-order valence-corrected chi connectivity index (χ4v) is 6.50. The minimum atomic E-state index is -0.305. The van der Waals surface area contributed by atoms with Gasteiger partial charge in [0.2, 0.25) is 0 Å². The zero-order chi connectivity index (χ0) is 22.2. The summed E-state index contributed by atoms with van der Waals surface area (Å²) in [5, 5.41) is 3.76. The highest BCUT2D eigenvalue weighted by Gasteiger charge is 2.39. The van der Waals surface area contributed by atoms with Crippen LogP contribution in [0.1, 0.15) is 39.5 Å². The van der Waals surface area contributed by atoms with Gasteiger partial charge in [-0.05, 0) is 69.9 Å². The summed E-state index contributed by atoms with van der Waals surface area (Å²) < 4.78 is 11.4. The first-order valence-corrected chi connectivity index (χ1v) is 12.4. The number of methoxy groups -OCH3 is 1. The van der Waals surface area contributed by atoms with E-state index in [1.54, 1.807) is 23.8 Å². The Morgan fingerprint density at radius 1 is 1.12 bits per heavy atom. The molecule has 2 aromatic rings. The first-order chi connectivity index (χ1) is 15.6. The maximum Gasteiger partial charge on any atom is 0.415 e. The second-order valence-electron chi connectivity index (χ2n) is 8.71. The maximum atomic E-state index is 12.5. The summed E-state index contributed by atoms with van der Waals surface area (Å²) in [4.78, 5) is 18.9. The van der Waals surface area contributed by atoms with Crippen LogP contribution in [-0.4, -0.2) is 49.3 Å². The van der Waals surface area contributed by atoms with E-state index >= 15 is 0 Å². The Morgan fingerprint density at radius 3 is 2.56 bits per heavy atom. The van der Waals surface area contributed by atoms with Crippen molar-refractivity contribution in [2.45, 2.75) is 67.4 Å². The van der Waals surface area contributed by atoms with E-state index in [-0.39, 0.29) is 6.09 Å². The normalized spacial score (nSPS) is 23.3. The van der Waals surface area contributed by atoms with Crippen molar-refractivity contribution in [3.05, 3.63) is 36.4 Å². The zero-order valence-electron chi connectivity index (χ0n) is 19.0. The van der Waals surface area contributed by atoms with Gasteiger partial charge in [0.05, 0.1) is 23.4 Å². The summed E-state index contributed by atoms with van der Waals surface area (Å²) in [7, 11) is 1.73. The number of carbonyl (C=O) groups is 1. The predicted octanol–water partition coefficient (Wildman–Crippen LogP) is 5.42. The third-order valence-corrected chi connectivity index (χ3v) is 8.04. The molecule has 7 heteroatoms. The van der Waals surface area contributed by atoms with Gasteiger partial charge >= 0.3 is 6.09 Å². The van der Waals surface area contributed by atoms with Crippen molar-refractivity contribution < 1.29 is 14.3 Å². The molecule has 1 N–H and O–H groups in total. The topological polar surface area (TPSA) is 54.0 Å². The highest BCUT2D eigenvalue weighted by Crippen LogP contribution is 2.54. The quantitative estimate of drug-likeness (QED) is 0.652. The number of ether oxygens (including phenoxy) is 2. The van der Waals surface area contributed by atoms with Crippen molar-refractivity contribution in [3.8, 4) is 11.5 Å². The molecule has 32 heavy (non-hydrogen) atoms. The number of benzene rings is 2. The largest absolute Gasteiger partial charge is 0.495 e. The molecule has 2 fully saturated rings. The fraction of sp³-hybridized carbons (Fsp3) is 0.480. The summed E-state index contributed by atoms with van der Waals surface area (Å²) >= 11 is 1.69. The minimum Gasteiger partial charge on any atom is -0.495 e. The van der Waals surface area contributed by atoms with Gasteiger partial charge in [0.15, 0.2) is 0 Å². The van der Waals surface area contributed by atoms with Gasteiger partial charge in [0, 0.05) is 36.1 Å². The highest BCUT2D eigenvalue weighted by molar-refractivity contribution is 7.99. The van der Waals surface area contributed by atoms with Gasteiger partial charge in [-0.15, -0.1) is 0 Å². The molecule has 0 aromatic heterocycles. The van der Waals surface area contributed by atoms with Crippen LogP contribution in [0.3, 0.4) is 0 Å². The number of fused-ring (bicyclic) bond motifs is 4. The number of anilines is 2. The van der Waals surface area contributed by atoms with Gasteiger partial charge in [-0.2, -0.15) is 0 Å². The van der Waals surface area contributed by atoms with E-state index in [2.05, 4.69) is 28.4 Å². The Labute approximate surface area is 194 Å². The van der Waals surface area contributed by atoms with Crippen LogP contribution >= 0.6 is 11.8 Å². The number of hydrogen-bond donors (Lipinski definition) is 1. The zero-order valence-corrected chi connectivity index (χ0v) is 19.8. The van der Waals surface area contributed by atoms with Gasteiger partial charge in [-0.1, -0.05) is 17.8 Å². The van der Waals surface area contributed by atoms with Crippen molar-refractivity contribution in [3.63, 3.8) is 0 Å². The van der Waals surface area contributed by atoms with E-state index in [1.165, 1.54) is 24.2 Å². The Balaban J connectivity index is 1.52. The van der Waals surface area contributed by atoms with Gasteiger partial charge < -0.3 is 24.6 Å².